The van der Waals surface area contributed by atoms with E-state index in [-0.39, 0.29) is 35.5 Å². The average Bonchev–Trinajstić information content (AvgIpc) is 3.28. The lowest BCUT2D eigenvalue weighted by molar-refractivity contribution is -0.124. The van der Waals surface area contributed by atoms with Crippen molar-refractivity contribution < 1.29 is 9.59 Å². The molecule has 0 aromatic heterocycles. The molecule has 4 aliphatic carbocycles. The number of carbonyl (C=O) groups is 2. The SMILES string of the molecule is O=C1[C@H]2[C@@H]3C=C[C@H]([C@@H]4C[C@H]34)[C@@H]2C(=O)N1c1ccc(Cl)c(Cl)c1. The van der Waals surface area contributed by atoms with E-state index in [4.69, 9.17) is 23.2 Å². The van der Waals surface area contributed by atoms with Crippen molar-refractivity contribution >= 4 is 40.7 Å². The summed E-state index contributed by atoms with van der Waals surface area (Å²) in [4.78, 5) is 27.1. The highest BCUT2D eigenvalue weighted by Gasteiger charge is 2.67. The second-order valence-corrected chi connectivity index (χ2v) is 7.58. The van der Waals surface area contributed by atoms with Gasteiger partial charge in [-0.25, -0.2) is 4.90 Å². The van der Waals surface area contributed by atoms with Gasteiger partial charge in [0.2, 0.25) is 11.8 Å². The number of hydrogen-bond donors (Lipinski definition) is 0. The molecule has 3 fully saturated rings. The standard InChI is InChI=1S/C17H13Cl2NO2/c18-12-4-1-7(5-13(12)19)20-16(21)14-8-2-3-9(11-6-10(8)11)15(14)17(20)22/h1-5,8-11,14-15H,6H2/t8-,9-,10-,11+,14+,15+/m1/s1. The zero-order valence-corrected chi connectivity index (χ0v) is 13.1. The fourth-order valence-corrected chi connectivity index (χ4v) is 5.13. The number of imide groups is 1. The molecule has 1 aromatic carbocycles. The Hall–Kier alpha value is -1.32. The summed E-state index contributed by atoms with van der Waals surface area (Å²) < 4.78 is 0. The summed E-state index contributed by atoms with van der Waals surface area (Å²) >= 11 is 12.0. The molecule has 22 heavy (non-hydrogen) atoms. The molecule has 5 aliphatic rings. The predicted octanol–water partition coefficient (Wildman–Crippen LogP) is 3.55. The number of carbonyl (C=O) groups excluding carboxylic acids is 2. The molecule has 0 N–H and O–H groups in total. The van der Waals surface area contributed by atoms with Gasteiger partial charge in [-0.2, -0.15) is 0 Å². The van der Waals surface area contributed by atoms with Crippen LogP contribution in [-0.4, -0.2) is 11.8 Å². The number of rotatable bonds is 1. The van der Waals surface area contributed by atoms with Crippen molar-refractivity contribution in [3.8, 4) is 0 Å². The molecule has 6 rings (SSSR count). The van der Waals surface area contributed by atoms with Gasteiger partial charge in [0, 0.05) is 0 Å². The van der Waals surface area contributed by atoms with Gasteiger partial charge in [0.25, 0.3) is 0 Å². The van der Waals surface area contributed by atoms with Gasteiger partial charge < -0.3 is 0 Å². The average molecular weight is 334 g/mol. The van der Waals surface area contributed by atoms with Gasteiger partial charge in [-0.15, -0.1) is 0 Å². The van der Waals surface area contributed by atoms with E-state index in [9.17, 15) is 9.59 Å². The molecule has 5 heteroatoms. The molecule has 1 heterocycles. The van der Waals surface area contributed by atoms with Crippen LogP contribution in [0.5, 0.6) is 0 Å². The monoisotopic (exact) mass is 333 g/mol. The molecule has 112 valence electrons. The van der Waals surface area contributed by atoms with Crippen LogP contribution in [0.1, 0.15) is 6.42 Å². The van der Waals surface area contributed by atoms with Crippen molar-refractivity contribution in [1.82, 2.24) is 0 Å². The van der Waals surface area contributed by atoms with Crippen molar-refractivity contribution in [2.24, 2.45) is 35.5 Å². The Morgan fingerprint density at radius 3 is 2.05 bits per heavy atom. The normalized spacial score (nSPS) is 40.9. The van der Waals surface area contributed by atoms with Crippen molar-refractivity contribution in [1.29, 1.82) is 0 Å². The van der Waals surface area contributed by atoms with Crippen molar-refractivity contribution in [3.05, 3.63) is 40.4 Å². The molecule has 1 aliphatic heterocycles. The highest BCUT2D eigenvalue weighted by atomic mass is 35.5. The lowest BCUT2D eigenvalue weighted by Crippen LogP contribution is -2.40. The molecule has 0 radical (unpaired) electrons. The molecule has 2 amide bonds. The van der Waals surface area contributed by atoms with E-state index in [0.717, 1.165) is 0 Å². The van der Waals surface area contributed by atoms with E-state index in [1.165, 1.54) is 11.3 Å². The van der Waals surface area contributed by atoms with Gasteiger partial charge in [-0.05, 0) is 48.3 Å². The van der Waals surface area contributed by atoms with Gasteiger partial charge in [-0.1, -0.05) is 35.4 Å². The summed E-state index contributed by atoms with van der Waals surface area (Å²) in [6.07, 6.45) is 5.51. The summed E-state index contributed by atoms with van der Waals surface area (Å²) in [7, 11) is 0. The first-order valence-corrected chi connectivity index (χ1v) is 8.34. The first-order chi connectivity index (χ1) is 10.6. The molecule has 2 saturated carbocycles. The van der Waals surface area contributed by atoms with E-state index < -0.39 is 0 Å². The molecule has 1 aromatic rings. The van der Waals surface area contributed by atoms with Crippen LogP contribution in [0.15, 0.2) is 30.4 Å². The number of hydrogen-bond acceptors (Lipinski definition) is 2. The Labute approximate surface area is 137 Å². The minimum atomic E-state index is -0.180. The van der Waals surface area contributed by atoms with Crippen LogP contribution in [-0.2, 0) is 9.59 Å². The smallest absolute Gasteiger partial charge is 0.238 e. The number of halogens is 2. The second kappa shape index (κ2) is 4.15. The lowest BCUT2D eigenvalue weighted by Gasteiger charge is -2.37. The van der Waals surface area contributed by atoms with E-state index in [2.05, 4.69) is 12.2 Å². The predicted molar refractivity (Wildman–Crippen MR) is 83.7 cm³/mol. The largest absolute Gasteiger partial charge is 0.274 e. The zero-order valence-electron chi connectivity index (χ0n) is 11.6. The summed E-state index contributed by atoms with van der Waals surface area (Å²) in [5, 5.41) is 0.781. The fourth-order valence-electron chi connectivity index (χ4n) is 4.84. The number of anilines is 1. The molecule has 2 bridgehead atoms. The molecule has 1 saturated heterocycles. The van der Waals surface area contributed by atoms with E-state index in [0.29, 0.717) is 27.6 Å². The second-order valence-electron chi connectivity index (χ2n) is 6.76. The van der Waals surface area contributed by atoms with Gasteiger partial charge in [0.15, 0.2) is 0 Å². The first kappa shape index (κ1) is 13.1. The maximum absolute atomic E-state index is 12.9. The maximum atomic E-state index is 12.9. The number of benzene rings is 1. The molecule has 0 spiro atoms. The van der Waals surface area contributed by atoms with Crippen molar-refractivity contribution in [2.75, 3.05) is 4.90 Å². The van der Waals surface area contributed by atoms with Gasteiger partial charge in [-0.3, -0.25) is 9.59 Å². The first-order valence-electron chi connectivity index (χ1n) is 7.59. The fraction of sp³-hybridized carbons (Fsp3) is 0.412. The quantitative estimate of drug-likeness (QED) is 0.582. The highest BCUT2D eigenvalue weighted by molar-refractivity contribution is 6.42. The zero-order chi connectivity index (χ0) is 15.2. The summed E-state index contributed by atoms with van der Waals surface area (Å²) in [5.74, 6) is 1.20. The number of amides is 2. The Morgan fingerprint density at radius 2 is 1.50 bits per heavy atom. The minimum Gasteiger partial charge on any atom is -0.274 e. The van der Waals surface area contributed by atoms with Crippen LogP contribution in [0.2, 0.25) is 10.0 Å². The molecule has 6 atom stereocenters. The molecule has 3 nitrogen and oxygen atoms in total. The van der Waals surface area contributed by atoms with Gasteiger partial charge in [0.1, 0.15) is 0 Å². The number of nitrogens with zero attached hydrogens (tertiary/aromatic N) is 1. The summed E-state index contributed by atoms with van der Waals surface area (Å²) in [6, 6.07) is 4.93. The van der Waals surface area contributed by atoms with Crippen molar-refractivity contribution in [3.63, 3.8) is 0 Å². The lowest BCUT2D eigenvalue weighted by atomic mass is 9.63. The van der Waals surface area contributed by atoms with Crippen LogP contribution in [0.4, 0.5) is 5.69 Å². The third-order valence-electron chi connectivity index (χ3n) is 5.82. The maximum Gasteiger partial charge on any atom is 0.238 e. The van der Waals surface area contributed by atoms with E-state index in [1.807, 2.05) is 0 Å². The molecular weight excluding hydrogens is 321 g/mol. The summed E-state index contributed by atoms with van der Waals surface area (Å²) in [6.45, 7) is 0. The Morgan fingerprint density at radius 1 is 0.909 bits per heavy atom. The van der Waals surface area contributed by atoms with Gasteiger partial charge >= 0.3 is 0 Å². The number of allylic oxidation sites excluding steroid dienone is 2. The highest BCUT2D eigenvalue weighted by Crippen LogP contribution is 2.65. The Bertz CT molecular complexity index is 723. The van der Waals surface area contributed by atoms with Crippen LogP contribution in [0.3, 0.4) is 0 Å². The van der Waals surface area contributed by atoms with Crippen LogP contribution in [0.25, 0.3) is 0 Å². The van der Waals surface area contributed by atoms with Crippen LogP contribution >= 0.6 is 23.2 Å². The van der Waals surface area contributed by atoms with Crippen LogP contribution < -0.4 is 4.90 Å². The topological polar surface area (TPSA) is 37.4 Å². The summed E-state index contributed by atoms with van der Waals surface area (Å²) in [5.41, 5.74) is 0.534. The third kappa shape index (κ3) is 1.49. The van der Waals surface area contributed by atoms with E-state index in [1.54, 1.807) is 18.2 Å². The minimum absolute atomic E-state index is 0.0712. The van der Waals surface area contributed by atoms with E-state index >= 15 is 0 Å². The van der Waals surface area contributed by atoms with Gasteiger partial charge in [0.05, 0.1) is 27.6 Å². The Kier molecular flexibility index (Phi) is 2.48. The van der Waals surface area contributed by atoms with Crippen LogP contribution in [0, 0.1) is 35.5 Å². The van der Waals surface area contributed by atoms with Crippen molar-refractivity contribution in [2.45, 2.75) is 6.42 Å². The molecular formula is C17H13Cl2NO2. The molecule has 0 unspecified atom stereocenters. The Balaban J connectivity index is 1.58. The third-order valence-corrected chi connectivity index (χ3v) is 6.56.